The SMILES string of the molecule is O=C(NCCc1ccc(O)cc1)c1ccc2nc(-c3c(Cl)cccc3Cl)[nH]c2c1. The molecule has 7 heteroatoms. The minimum absolute atomic E-state index is 0.169. The number of hydrogen-bond donors (Lipinski definition) is 3. The molecule has 5 nitrogen and oxygen atoms in total. The number of rotatable bonds is 5. The number of H-pyrrole nitrogens is 1. The van der Waals surface area contributed by atoms with Crippen LogP contribution in [-0.4, -0.2) is 27.5 Å². The van der Waals surface area contributed by atoms with Crippen LogP contribution < -0.4 is 5.32 Å². The summed E-state index contributed by atoms with van der Waals surface area (Å²) < 4.78 is 0. The predicted molar refractivity (Wildman–Crippen MR) is 116 cm³/mol. The van der Waals surface area contributed by atoms with Crippen molar-refractivity contribution in [2.75, 3.05) is 6.54 Å². The Morgan fingerprint density at radius 1 is 1.03 bits per heavy atom. The minimum Gasteiger partial charge on any atom is -0.508 e. The van der Waals surface area contributed by atoms with Gasteiger partial charge in [-0.05, 0) is 54.4 Å². The molecule has 0 saturated carbocycles. The molecule has 0 fully saturated rings. The third kappa shape index (κ3) is 4.21. The van der Waals surface area contributed by atoms with E-state index in [9.17, 15) is 9.90 Å². The highest BCUT2D eigenvalue weighted by atomic mass is 35.5. The van der Waals surface area contributed by atoms with Crippen LogP contribution in [0.25, 0.3) is 22.4 Å². The number of amides is 1. The standard InChI is InChI=1S/C22H17Cl2N3O2/c23-16-2-1-3-17(24)20(16)21-26-18-9-6-14(12-19(18)27-21)22(29)25-11-10-13-4-7-15(28)8-5-13/h1-9,12,28H,10-11H2,(H,25,29)(H,26,27). The van der Waals surface area contributed by atoms with Gasteiger partial charge in [0.1, 0.15) is 11.6 Å². The Labute approximate surface area is 177 Å². The largest absolute Gasteiger partial charge is 0.508 e. The number of hydrogen-bond acceptors (Lipinski definition) is 3. The topological polar surface area (TPSA) is 78.0 Å². The Morgan fingerprint density at radius 2 is 1.76 bits per heavy atom. The lowest BCUT2D eigenvalue weighted by atomic mass is 10.1. The first-order valence-electron chi connectivity index (χ1n) is 9.01. The van der Waals surface area contributed by atoms with Crippen molar-refractivity contribution in [3.63, 3.8) is 0 Å². The second-order valence-corrected chi connectivity index (χ2v) is 7.40. The maximum Gasteiger partial charge on any atom is 0.251 e. The van der Waals surface area contributed by atoms with Gasteiger partial charge in [0.2, 0.25) is 0 Å². The number of imidazole rings is 1. The van der Waals surface area contributed by atoms with E-state index >= 15 is 0 Å². The van der Waals surface area contributed by atoms with Crippen molar-refractivity contribution in [2.24, 2.45) is 0 Å². The van der Waals surface area contributed by atoms with E-state index in [1.165, 1.54) is 0 Å². The Kier molecular flexibility index (Phi) is 5.43. The normalized spacial score (nSPS) is 11.0. The van der Waals surface area contributed by atoms with E-state index < -0.39 is 0 Å². The maximum absolute atomic E-state index is 12.5. The van der Waals surface area contributed by atoms with Crippen LogP contribution in [0.15, 0.2) is 60.7 Å². The number of benzene rings is 3. The van der Waals surface area contributed by atoms with Crippen molar-refractivity contribution >= 4 is 40.1 Å². The van der Waals surface area contributed by atoms with Crippen molar-refractivity contribution in [3.8, 4) is 17.1 Å². The van der Waals surface area contributed by atoms with E-state index in [-0.39, 0.29) is 11.7 Å². The third-order valence-electron chi connectivity index (χ3n) is 4.58. The molecule has 0 aliphatic heterocycles. The Balaban J connectivity index is 1.49. The van der Waals surface area contributed by atoms with Gasteiger partial charge in [0.15, 0.2) is 0 Å². The van der Waals surface area contributed by atoms with Crippen LogP contribution in [0, 0.1) is 0 Å². The van der Waals surface area contributed by atoms with Gasteiger partial charge in [-0.1, -0.05) is 41.4 Å². The van der Waals surface area contributed by atoms with Gasteiger partial charge in [0, 0.05) is 12.1 Å². The van der Waals surface area contributed by atoms with Gasteiger partial charge in [-0.25, -0.2) is 4.98 Å². The maximum atomic E-state index is 12.5. The van der Waals surface area contributed by atoms with Crippen molar-refractivity contribution < 1.29 is 9.90 Å². The van der Waals surface area contributed by atoms with Crippen molar-refractivity contribution in [1.82, 2.24) is 15.3 Å². The fourth-order valence-electron chi connectivity index (χ4n) is 3.08. The van der Waals surface area contributed by atoms with Gasteiger partial charge in [-0.15, -0.1) is 0 Å². The zero-order chi connectivity index (χ0) is 20.4. The van der Waals surface area contributed by atoms with Crippen molar-refractivity contribution in [2.45, 2.75) is 6.42 Å². The van der Waals surface area contributed by atoms with Crippen LogP contribution in [-0.2, 0) is 6.42 Å². The lowest BCUT2D eigenvalue weighted by molar-refractivity contribution is 0.0954. The van der Waals surface area contributed by atoms with Gasteiger partial charge in [0.25, 0.3) is 5.91 Å². The predicted octanol–water partition coefficient (Wildman–Crippen LogP) is 5.21. The number of nitrogens with one attached hydrogen (secondary N) is 2. The first-order chi connectivity index (χ1) is 14.0. The van der Waals surface area contributed by atoms with Gasteiger partial charge >= 0.3 is 0 Å². The summed E-state index contributed by atoms with van der Waals surface area (Å²) in [5.74, 6) is 0.612. The minimum atomic E-state index is -0.169. The number of aromatic amines is 1. The van der Waals surface area contributed by atoms with Crippen LogP contribution in [0.2, 0.25) is 10.0 Å². The Hall–Kier alpha value is -3.02. The van der Waals surface area contributed by atoms with Crippen LogP contribution in [0.3, 0.4) is 0 Å². The molecule has 4 aromatic rings. The summed E-state index contributed by atoms with van der Waals surface area (Å²) in [6.07, 6.45) is 0.674. The quantitative estimate of drug-likeness (QED) is 0.410. The number of carbonyl (C=O) groups excluding carboxylic acids is 1. The third-order valence-corrected chi connectivity index (χ3v) is 5.21. The number of aromatic nitrogens is 2. The second kappa shape index (κ2) is 8.15. The molecular weight excluding hydrogens is 409 g/mol. The van der Waals surface area contributed by atoms with E-state index in [2.05, 4.69) is 15.3 Å². The molecular formula is C22H17Cl2N3O2. The zero-order valence-electron chi connectivity index (χ0n) is 15.2. The molecule has 1 aromatic heterocycles. The Bertz CT molecular complexity index is 1170. The van der Waals surface area contributed by atoms with Crippen molar-refractivity contribution in [1.29, 1.82) is 0 Å². The van der Waals surface area contributed by atoms with Crippen LogP contribution in [0.1, 0.15) is 15.9 Å². The van der Waals surface area contributed by atoms with Gasteiger partial charge in [-0.2, -0.15) is 0 Å². The fourth-order valence-corrected chi connectivity index (χ4v) is 3.65. The summed E-state index contributed by atoms with van der Waals surface area (Å²) in [5.41, 5.74) is 3.64. The highest BCUT2D eigenvalue weighted by Gasteiger charge is 2.14. The van der Waals surface area contributed by atoms with Gasteiger partial charge in [0.05, 0.1) is 26.6 Å². The molecule has 0 atom stereocenters. The second-order valence-electron chi connectivity index (χ2n) is 6.59. The number of phenols is 1. The molecule has 0 spiro atoms. The van der Waals surface area contributed by atoms with E-state index in [0.29, 0.717) is 40.0 Å². The summed E-state index contributed by atoms with van der Waals surface area (Å²) in [6, 6.07) is 17.5. The van der Waals surface area contributed by atoms with Crippen LogP contribution in [0.4, 0.5) is 0 Å². The van der Waals surface area contributed by atoms with Crippen LogP contribution in [0.5, 0.6) is 5.75 Å². The molecule has 0 unspecified atom stereocenters. The number of fused-ring (bicyclic) bond motifs is 1. The lowest BCUT2D eigenvalue weighted by Crippen LogP contribution is -2.25. The average Bonchev–Trinajstić information content (AvgIpc) is 3.12. The molecule has 0 aliphatic rings. The van der Waals surface area contributed by atoms with E-state index in [4.69, 9.17) is 23.2 Å². The number of carbonyl (C=O) groups is 1. The molecule has 1 heterocycles. The molecule has 3 aromatic carbocycles. The van der Waals surface area contributed by atoms with E-state index in [0.717, 1.165) is 16.6 Å². The first kappa shape index (κ1) is 19.3. The highest BCUT2D eigenvalue weighted by molar-refractivity contribution is 6.39. The van der Waals surface area contributed by atoms with Crippen LogP contribution >= 0.6 is 23.2 Å². The molecule has 1 amide bonds. The number of nitrogens with zero attached hydrogens (tertiary/aromatic N) is 1. The zero-order valence-corrected chi connectivity index (χ0v) is 16.8. The summed E-state index contributed by atoms with van der Waals surface area (Å²) in [5, 5.41) is 13.2. The lowest BCUT2D eigenvalue weighted by Gasteiger charge is -2.06. The molecule has 146 valence electrons. The fraction of sp³-hybridized carbons (Fsp3) is 0.0909. The van der Waals surface area contributed by atoms with Gasteiger partial charge < -0.3 is 15.4 Å². The number of halogens is 2. The summed E-state index contributed by atoms with van der Waals surface area (Å²) in [7, 11) is 0. The molecule has 29 heavy (non-hydrogen) atoms. The molecule has 0 bridgehead atoms. The summed E-state index contributed by atoms with van der Waals surface area (Å²) in [4.78, 5) is 20.2. The molecule has 0 aliphatic carbocycles. The Morgan fingerprint density at radius 3 is 2.48 bits per heavy atom. The number of phenolic OH excluding ortho intramolecular Hbond substituents is 1. The van der Waals surface area contributed by atoms with E-state index in [1.807, 2.05) is 12.1 Å². The smallest absolute Gasteiger partial charge is 0.251 e. The highest BCUT2D eigenvalue weighted by Crippen LogP contribution is 2.33. The van der Waals surface area contributed by atoms with E-state index in [1.54, 1.807) is 48.5 Å². The number of aromatic hydroxyl groups is 1. The molecule has 0 radical (unpaired) electrons. The van der Waals surface area contributed by atoms with Gasteiger partial charge in [-0.3, -0.25) is 4.79 Å². The monoisotopic (exact) mass is 425 g/mol. The first-order valence-corrected chi connectivity index (χ1v) is 9.77. The van der Waals surface area contributed by atoms with Crippen molar-refractivity contribution in [3.05, 3.63) is 81.8 Å². The molecule has 0 saturated heterocycles. The molecule has 3 N–H and O–H groups in total. The average molecular weight is 426 g/mol. The molecule has 4 rings (SSSR count). The summed E-state index contributed by atoms with van der Waals surface area (Å²) in [6.45, 7) is 0.491. The summed E-state index contributed by atoms with van der Waals surface area (Å²) >= 11 is 12.5.